The molecule has 5 rings (SSSR count). The molecule has 4 heterocycles. The highest BCUT2D eigenvalue weighted by Crippen LogP contribution is 2.30. The summed E-state index contributed by atoms with van der Waals surface area (Å²) < 4.78 is 17.0. The number of rotatable bonds is 6. The Labute approximate surface area is 218 Å². The molecule has 2 N–H and O–H groups in total. The maximum atomic E-state index is 14.1. The molecule has 1 saturated carbocycles. The number of aromatic nitrogens is 5. The molecule has 0 radical (unpaired) electrons. The average molecular weight is 529 g/mol. The highest BCUT2D eigenvalue weighted by Gasteiger charge is 2.29. The van der Waals surface area contributed by atoms with Crippen molar-refractivity contribution in [3.8, 4) is 0 Å². The van der Waals surface area contributed by atoms with Crippen LogP contribution in [0.4, 0.5) is 4.39 Å². The summed E-state index contributed by atoms with van der Waals surface area (Å²) in [6.07, 6.45) is 6.24. The van der Waals surface area contributed by atoms with E-state index in [4.69, 9.17) is 0 Å². The van der Waals surface area contributed by atoms with E-state index in [1.165, 1.54) is 10.6 Å². The Hall–Kier alpha value is -2.95. The van der Waals surface area contributed by atoms with Crippen LogP contribution in [-0.2, 0) is 11.2 Å². The van der Waals surface area contributed by atoms with Gasteiger partial charge in [-0.05, 0) is 81.9 Å². The standard InChI is InChI=1S/C26H33FN6O3S/c1-15-21(16(2)31-30-15)7-8-23(34)29-18-3-5-19(6-4-18)33-25(35)22-13-17(27)14-28-24(22)32(26(33)36)20-9-11-37-12-10-20/h13-14,18-20H,3-12H2,1-2H3,(H,29,34)(H,30,31)/t18-,19+. The lowest BCUT2D eigenvalue weighted by atomic mass is 9.90. The summed E-state index contributed by atoms with van der Waals surface area (Å²) in [5, 5.41) is 10.4. The van der Waals surface area contributed by atoms with Gasteiger partial charge in [0.05, 0.1) is 17.3 Å². The van der Waals surface area contributed by atoms with Crippen molar-refractivity contribution in [2.75, 3.05) is 11.5 Å². The first kappa shape index (κ1) is 25.7. The van der Waals surface area contributed by atoms with Crippen molar-refractivity contribution < 1.29 is 9.18 Å². The predicted molar refractivity (Wildman–Crippen MR) is 142 cm³/mol. The van der Waals surface area contributed by atoms with Crippen LogP contribution in [0.2, 0.25) is 0 Å². The fourth-order valence-corrected chi connectivity index (χ4v) is 6.84. The van der Waals surface area contributed by atoms with Gasteiger partial charge in [-0.25, -0.2) is 14.2 Å². The molecule has 1 amide bonds. The number of carbonyl (C=O) groups is 1. The number of aromatic amines is 1. The number of hydrogen-bond donors (Lipinski definition) is 2. The summed E-state index contributed by atoms with van der Waals surface area (Å²) in [6, 6.07) is 0.855. The van der Waals surface area contributed by atoms with Gasteiger partial charge in [0, 0.05) is 30.2 Å². The Morgan fingerprint density at radius 2 is 1.81 bits per heavy atom. The molecule has 1 saturated heterocycles. The van der Waals surface area contributed by atoms with Crippen molar-refractivity contribution in [1.82, 2.24) is 29.6 Å². The van der Waals surface area contributed by atoms with Crippen LogP contribution in [0.25, 0.3) is 11.0 Å². The number of aryl methyl sites for hydroxylation is 2. The van der Waals surface area contributed by atoms with Gasteiger partial charge in [-0.3, -0.25) is 23.8 Å². The van der Waals surface area contributed by atoms with Gasteiger partial charge in [0.25, 0.3) is 5.56 Å². The van der Waals surface area contributed by atoms with Gasteiger partial charge in [0.15, 0.2) is 0 Å². The van der Waals surface area contributed by atoms with Gasteiger partial charge < -0.3 is 5.32 Å². The van der Waals surface area contributed by atoms with E-state index in [1.54, 1.807) is 4.57 Å². The van der Waals surface area contributed by atoms with Crippen molar-refractivity contribution in [1.29, 1.82) is 0 Å². The number of carbonyl (C=O) groups excluding carboxylic acids is 1. The first-order valence-electron chi connectivity index (χ1n) is 13.0. The quantitative estimate of drug-likeness (QED) is 0.507. The second kappa shape index (κ2) is 10.8. The topological polar surface area (TPSA) is 115 Å². The lowest BCUT2D eigenvalue weighted by Crippen LogP contribution is -2.46. The number of pyridine rings is 1. The number of H-pyrrole nitrogens is 1. The second-order valence-electron chi connectivity index (χ2n) is 10.2. The number of fused-ring (bicyclic) bond motifs is 1. The molecule has 0 bridgehead atoms. The summed E-state index contributed by atoms with van der Waals surface area (Å²) >= 11 is 1.85. The number of amides is 1. The molecule has 37 heavy (non-hydrogen) atoms. The molecule has 1 aliphatic carbocycles. The minimum absolute atomic E-state index is 0.00292. The monoisotopic (exact) mass is 528 g/mol. The first-order valence-corrected chi connectivity index (χ1v) is 14.2. The van der Waals surface area contributed by atoms with Gasteiger partial charge in [0.1, 0.15) is 11.5 Å². The van der Waals surface area contributed by atoms with Gasteiger partial charge in [0.2, 0.25) is 5.91 Å². The van der Waals surface area contributed by atoms with E-state index in [2.05, 4.69) is 20.5 Å². The number of nitrogens with one attached hydrogen (secondary N) is 2. The summed E-state index contributed by atoms with van der Waals surface area (Å²) in [5.41, 5.74) is 2.42. The molecule has 0 spiro atoms. The zero-order chi connectivity index (χ0) is 26.1. The van der Waals surface area contributed by atoms with E-state index in [0.29, 0.717) is 38.5 Å². The van der Waals surface area contributed by atoms with E-state index in [0.717, 1.165) is 47.5 Å². The number of halogens is 1. The van der Waals surface area contributed by atoms with Crippen LogP contribution in [0.15, 0.2) is 21.9 Å². The minimum Gasteiger partial charge on any atom is -0.353 e. The van der Waals surface area contributed by atoms with Crippen LogP contribution in [0.5, 0.6) is 0 Å². The molecule has 2 fully saturated rings. The third-order valence-corrected chi connectivity index (χ3v) is 8.84. The van der Waals surface area contributed by atoms with Crippen molar-refractivity contribution in [3.63, 3.8) is 0 Å². The van der Waals surface area contributed by atoms with E-state index in [1.807, 2.05) is 25.6 Å². The van der Waals surface area contributed by atoms with Gasteiger partial charge in [-0.15, -0.1) is 0 Å². The summed E-state index contributed by atoms with van der Waals surface area (Å²) in [4.78, 5) is 43.9. The summed E-state index contributed by atoms with van der Waals surface area (Å²) in [5.74, 6) is 1.27. The smallest absolute Gasteiger partial charge is 0.333 e. The van der Waals surface area contributed by atoms with Gasteiger partial charge in [-0.2, -0.15) is 16.9 Å². The van der Waals surface area contributed by atoms with Crippen LogP contribution in [0, 0.1) is 19.7 Å². The van der Waals surface area contributed by atoms with E-state index >= 15 is 0 Å². The number of nitrogens with zero attached hydrogens (tertiary/aromatic N) is 4. The largest absolute Gasteiger partial charge is 0.353 e. The van der Waals surface area contributed by atoms with Crippen molar-refractivity contribution in [2.45, 2.75) is 83.3 Å². The Bertz CT molecular complexity index is 1400. The molecular weight excluding hydrogens is 495 g/mol. The van der Waals surface area contributed by atoms with Crippen LogP contribution < -0.4 is 16.6 Å². The SMILES string of the molecule is Cc1n[nH]c(C)c1CCC(=O)N[C@H]1CC[C@@H](n2c(=O)c3cc(F)cnc3n(C3CCSCC3)c2=O)CC1. The molecule has 0 aromatic carbocycles. The zero-order valence-electron chi connectivity index (χ0n) is 21.3. The number of thioether (sulfide) groups is 1. The Morgan fingerprint density at radius 3 is 2.49 bits per heavy atom. The predicted octanol–water partition coefficient (Wildman–Crippen LogP) is 3.34. The maximum Gasteiger partial charge on any atom is 0.333 e. The molecule has 0 atom stereocenters. The molecule has 0 unspecified atom stereocenters. The summed E-state index contributed by atoms with van der Waals surface area (Å²) in [6.45, 7) is 3.88. The van der Waals surface area contributed by atoms with E-state index < -0.39 is 11.4 Å². The Kier molecular flexibility index (Phi) is 7.50. The first-order chi connectivity index (χ1) is 17.8. The van der Waals surface area contributed by atoms with Gasteiger partial charge in [-0.1, -0.05) is 0 Å². The number of hydrogen-bond acceptors (Lipinski definition) is 6. The molecule has 198 valence electrons. The molecule has 9 nitrogen and oxygen atoms in total. The van der Waals surface area contributed by atoms with Crippen molar-refractivity contribution in [2.24, 2.45) is 0 Å². The molecule has 11 heteroatoms. The lowest BCUT2D eigenvalue weighted by molar-refractivity contribution is -0.122. The average Bonchev–Trinajstić information content (AvgIpc) is 3.21. The summed E-state index contributed by atoms with van der Waals surface area (Å²) in [7, 11) is 0. The van der Waals surface area contributed by atoms with Crippen LogP contribution >= 0.6 is 11.8 Å². The zero-order valence-corrected chi connectivity index (χ0v) is 22.1. The van der Waals surface area contributed by atoms with E-state index in [-0.39, 0.29) is 40.8 Å². The molecule has 3 aromatic heterocycles. The molecular formula is C26H33FN6O3S. The van der Waals surface area contributed by atoms with Crippen LogP contribution in [0.1, 0.15) is 74.0 Å². The maximum absolute atomic E-state index is 14.1. The van der Waals surface area contributed by atoms with Crippen LogP contribution in [0.3, 0.4) is 0 Å². The highest BCUT2D eigenvalue weighted by molar-refractivity contribution is 7.99. The minimum atomic E-state index is -0.590. The van der Waals surface area contributed by atoms with E-state index in [9.17, 15) is 18.8 Å². The Balaban J connectivity index is 1.32. The van der Waals surface area contributed by atoms with Crippen LogP contribution in [-0.4, -0.2) is 47.8 Å². The molecule has 2 aliphatic rings. The fourth-order valence-electron chi connectivity index (χ4n) is 5.76. The second-order valence-corrected chi connectivity index (χ2v) is 11.4. The van der Waals surface area contributed by atoms with Crippen molar-refractivity contribution in [3.05, 3.63) is 55.9 Å². The van der Waals surface area contributed by atoms with Gasteiger partial charge >= 0.3 is 5.69 Å². The third kappa shape index (κ3) is 5.23. The highest BCUT2D eigenvalue weighted by atomic mass is 32.2. The Morgan fingerprint density at radius 1 is 1.11 bits per heavy atom. The fraction of sp³-hybridized carbons (Fsp3) is 0.577. The molecule has 3 aromatic rings. The van der Waals surface area contributed by atoms with Crippen molar-refractivity contribution >= 4 is 28.7 Å². The third-order valence-electron chi connectivity index (χ3n) is 7.79. The normalized spacial score (nSPS) is 20.8. The lowest BCUT2D eigenvalue weighted by Gasteiger charge is -2.31. The molecule has 1 aliphatic heterocycles.